The highest BCUT2D eigenvalue weighted by molar-refractivity contribution is 9.10. The lowest BCUT2D eigenvalue weighted by molar-refractivity contribution is 0.654. The normalized spacial score (nSPS) is 11.3. The summed E-state index contributed by atoms with van der Waals surface area (Å²) in [4.78, 5) is 4.17. The standard InChI is InChI=1S/C11H5BrClNO/c12-8-3-4-14-11-10(8)7-2-1-6(13)5-9(7)15-11/h1-5H. The quantitative estimate of drug-likeness (QED) is 0.611. The summed E-state index contributed by atoms with van der Waals surface area (Å²) < 4.78 is 6.57. The van der Waals surface area contributed by atoms with Crippen LogP contribution in [-0.2, 0) is 0 Å². The second-order valence-corrected chi connectivity index (χ2v) is 4.51. The molecule has 2 aromatic heterocycles. The van der Waals surface area contributed by atoms with E-state index >= 15 is 0 Å². The highest BCUT2D eigenvalue weighted by Crippen LogP contribution is 2.33. The average molecular weight is 283 g/mol. The van der Waals surface area contributed by atoms with Crippen LogP contribution in [0, 0.1) is 0 Å². The molecule has 0 atom stereocenters. The third-order valence-corrected chi connectivity index (χ3v) is 3.18. The first kappa shape index (κ1) is 9.19. The fraction of sp³-hybridized carbons (Fsp3) is 0. The Bertz CT molecular complexity index is 662. The number of nitrogens with zero attached hydrogens (tertiary/aromatic N) is 1. The first-order valence-electron chi connectivity index (χ1n) is 4.38. The molecule has 0 amide bonds. The van der Waals surface area contributed by atoms with Crippen LogP contribution in [0.3, 0.4) is 0 Å². The Labute approximate surface area is 99.0 Å². The summed E-state index contributed by atoms with van der Waals surface area (Å²) in [5.41, 5.74) is 1.39. The van der Waals surface area contributed by atoms with Crippen LogP contribution < -0.4 is 0 Å². The van der Waals surface area contributed by atoms with Crippen molar-refractivity contribution < 1.29 is 4.42 Å². The number of pyridine rings is 1. The minimum atomic E-state index is 0.627. The molecule has 0 bridgehead atoms. The lowest BCUT2D eigenvalue weighted by Crippen LogP contribution is -1.72. The van der Waals surface area contributed by atoms with Crippen LogP contribution in [0.2, 0.25) is 5.02 Å². The fourth-order valence-electron chi connectivity index (χ4n) is 1.63. The zero-order valence-corrected chi connectivity index (χ0v) is 9.84. The van der Waals surface area contributed by atoms with E-state index in [0.717, 1.165) is 20.8 Å². The van der Waals surface area contributed by atoms with Crippen molar-refractivity contribution in [2.45, 2.75) is 0 Å². The third-order valence-electron chi connectivity index (χ3n) is 2.28. The smallest absolute Gasteiger partial charge is 0.228 e. The highest BCUT2D eigenvalue weighted by Gasteiger charge is 2.10. The molecule has 2 heterocycles. The van der Waals surface area contributed by atoms with E-state index in [4.69, 9.17) is 16.0 Å². The second-order valence-electron chi connectivity index (χ2n) is 3.22. The molecule has 0 N–H and O–H groups in total. The summed E-state index contributed by atoms with van der Waals surface area (Å²) in [6.45, 7) is 0. The summed E-state index contributed by atoms with van der Waals surface area (Å²) in [5, 5.41) is 2.68. The van der Waals surface area contributed by atoms with E-state index in [9.17, 15) is 0 Å². The molecule has 0 spiro atoms. The molecule has 0 saturated heterocycles. The van der Waals surface area contributed by atoms with E-state index < -0.39 is 0 Å². The van der Waals surface area contributed by atoms with Crippen LogP contribution >= 0.6 is 27.5 Å². The van der Waals surface area contributed by atoms with Gasteiger partial charge in [-0.15, -0.1) is 0 Å². The van der Waals surface area contributed by atoms with E-state index in [0.29, 0.717) is 10.7 Å². The van der Waals surface area contributed by atoms with Crippen molar-refractivity contribution in [2.24, 2.45) is 0 Å². The highest BCUT2D eigenvalue weighted by atomic mass is 79.9. The van der Waals surface area contributed by atoms with Gasteiger partial charge >= 0.3 is 0 Å². The topological polar surface area (TPSA) is 26.0 Å². The van der Waals surface area contributed by atoms with Crippen molar-refractivity contribution in [2.75, 3.05) is 0 Å². The minimum Gasteiger partial charge on any atom is -0.438 e. The number of fused-ring (bicyclic) bond motifs is 3. The van der Waals surface area contributed by atoms with Gasteiger partial charge in [-0.3, -0.25) is 0 Å². The molecule has 3 aromatic rings. The molecule has 0 radical (unpaired) electrons. The lowest BCUT2D eigenvalue weighted by Gasteiger charge is -1.91. The number of benzene rings is 1. The Hall–Kier alpha value is -1.06. The number of aromatic nitrogens is 1. The molecule has 0 saturated carbocycles. The third kappa shape index (κ3) is 1.34. The zero-order valence-electron chi connectivity index (χ0n) is 7.50. The zero-order chi connectivity index (χ0) is 10.4. The van der Waals surface area contributed by atoms with Crippen LogP contribution in [0.1, 0.15) is 0 Å². The minimum absolute atomic E-state index is 0.627. The van der Waals surface area contributed by atoms with Crippen molar-refractivity contribution in [3.05, 3.63) is 40.0 Å². The van der Waals surface area contributed by atoms with Gasteiger partial charge in [-0.1, -0.05) is 11.6 Å². The number of halogens is 2. The molecule has 4 heteroatoms. The van der Waals surface area contributed by atoms with Crippen LogP contribution in [0.15, 0.2) is 39.4 Å². The molecule has 2 nitrogen and oxygen atoms in total. The van der Waals surface area contributed by atoms with E-state index in [1.807, 2.05) is 18.2 Å². The first-order valence-corrected chi connectivity index (χ1v) is 5.55. The number of hydrogen-bond donors (Lipinski definition) is 0. The van der Waals surface area contributed by atoms with E-state index in [-0.39, 0.29) is 0 Å². The van der Waals surface area contributed by atoms with Crippen molar-refractivity contribution in [1.82, 2.24) is 4.98 Å². The summed E-state index contributed by atoms with van der Waals surface area (Å²) >= 11 is 9.38. The maximum absolute atomic E-state index is 5.89. The molecule has 0 unspecified atom stereocenters. The Morgan fingerprint density at radius 2 is 2.13 bits per heavy atom. The van der Waals surface area contributed by atoms with Gasteiger partial charge < -0.3 is 4.42 Å². The van der Waals surface area contributed by atoms with Gasteiger partial charge in [0.25, 0.3) is 0 Å². The average Bonchev–Trinajstić information content (AvgIpc) is 2.56. The van der Waals surface area contributed by atoms with Crippen molar-refractivity contribution >= 4 is 49.6 Å². The van der Waals surface area contributed by atoms with Gasteiger partial charge in [-0.05, 0) is 34.1 Å². The van der Waals surface area contributed by atoms with Gasteiger partial charge in [-0.25, -0.2) is 4.98 Å². The molecule has 0 fully saturated rings. The van der Waals surface area contributed by atoms with Gasteiger partial charge in [0.1, 0.15) is 5.58 Å². The fourth-order valence-corrected chi connectivity index (χ4v) is 2.30. The van der Waals surface area contributed by atoms with E-state index in [2.05, 4.69) is 20.9 Å². The van der Waals surface area contributed by atoms with Gasteiger partial charge in [0.2, 0.25) is 5.71 Å². The van der Waals surface area contributed by atoms with Crippen LogP contribution in [0.5, 0.6) is 0 Å². The molecule has 15 heavy (non-hydrogen) atoms. The Morgan fingerprint density at radius 3 is 3.00 bits per heavy atom. The number of rotatable bonds is 0. The van der Waals surface area contributed by atoms with E-state index in [1.54, 1.807) is 12.3 Å². The molecular formula is C11H5BrClNO. The van der Waals surface area contributed by atoms with Gasteiger partial charge in [0.15, 0.2) is 0 Å². The van der Waals surface area contributed by atoms with Gasteiger partial charge in [-0.2, -0.15) is 0 Å². The summed E-state index contributed by atoms with van der Waals surface area (Å²) in [7, 11) is 0. The lowest BCUT2D eigenvalue weighted by atomic mass is 10.2. The van der Waals surface area contributed by atoms with Crippen LogP contribution in [0.4, 0.5) is 0 Å². The monoisotopic (exact) mass is 281 g/mol. The predicted octanol–water partition coefficient (Wildman–Crippen LogP) is 4.40. The van der Waals surface area contributed by atoms with Crippen LogP contribution in [-0.4, -0.2) is 4.98 Å². The maximum atomic E-state index is 5.89. The van der Waals surface area contributed by atoms with Gasteiger partial charge in [0, 0.05) is 27.1 Å². The van der Waals surface area contributed by atoms with Crippen LogP contribution in [0.25, 0.3) is 22.1 Å². The number of hydrogen-bond acceptors (Lipinski definition) is 2. The Kier molecular flexibility index (Phi) is 1.97. The van der Waals surface area contributed by atoms with Crippen molar-refractivity contribution in [1.29, 1.82) is 0 Å². The Balaban J connectivity index is 2.59. The summed E-state index contributed by atoms with van der Waals surface area (Å²) in [6, 6.07) is 7.48. The molecule has 3 rings (SSSR count). The van der Waals surface area contributed by atoms with Crippen molar-refractivity contribution in [3.8, 4) is 0 Å². The van der Waals surface area contributed by atoms with E-state index in [1.165, 1.54) is 0 Å². The molecule has 74 valence electrons. The van der Waals surface area contributed by atoms with Gasteiger partial charge in [0.05, 0.1) is 5.39 Å². The maximum Gasteiger partial charge on any atom is 0.228 e. The molecule has 0 aliphatic heterocycles. The summed E-state index contributed by atoms with van der Waals surface area (Å²) in [6.07, 6.45) is 1.70. The Morgan fingerprint density at radius 1 is 1.27 bits per heavy atom. The largest absolute Gasteiger partial charge is 0.438 e. The van der Waals surface area contributed by atoms with Crippen molar-refractivity contribution in [3.63, 3.8) is 0 Å². The molecule has 1 aromatic carbocycles. The first-order chi connectivity index (χ1) is 7.25. The molecule has 0 aliphatic carbocycles. The summed E-state index contributed by atoms with van der Waals surface area (Å²) in [5.74, 6) is 0. The number of furan rings is 1. The molecule has 0 aliphatic rings. The second kappa shape index (κ2) is 3.22. The SMILES string of the molecule is Clc1ccc2c(c1)oc1nccc(Br)c12. The predicted molar refractivity (Wildman–Crippen MR) is 64.2 cm³/mol. The molecular weight excluding hydrogens is 277 g/mol.